The van der Waals surface area contributed by atoms with E-state index in [0.717, 1.165) is 12.8 Å². The second kappa shape index (κ2) is 7.92. The van der Waals surface area contributed by atoms with Crippen LogP contribution < -0.4 is 10.6 Å². The molecule has 0 aliphatic carbocycles. The van der Waals surface area contributed by atoms with Gasteiger partial charge in [0, 0.05) is 0 Å². The predicted octanol–water partition coefficient (Wildman–Crippen LogP) is 1.04. The van der Waals surface area contributed by atoms with Crippen molar-refractivity contribution in [3.63, 3.8) is 0 Å². The Bertz CT molecular complexity index is 555. The van der Waals surface area contributed by atoms with E-state index in [1.54, 1.807) is 6.92 Å². The summed E-state index contributed by atoms with van der Waals surface area (Å²) in [6.07, 6.45) is 4.54. The molecular formula is C16H22N2O5. The second-order valence-corrected chi connectivity index (χ2v) is 5.65. The molecule has 3 atom stereocenters. The lowest BCUT2D eigenvalue weighted by atomic mass is 10.1. The summed E-state index contributed by atoms with van der Waals surface area (Å²) in [4.78, 5) is 36.3. The largest absolute Gasteiger partial charge is 0.472 e. The molecule has 1 aliphatic heterocycles. The van der Waals surface area contributed by atoms with Gasteiger partial charge in [-0.15, -0.1) is 0 Å². The van der Waals surface area contributed by atoms with Gasteiger partial charge in [0.2, 0.25) is 5.91 Å². The molecule has 7 nitrogen and oxygen atoms in total. The number of ether oxygens (including phenoxy) is 1. The maximum Gasteiger partial charge on any atom is 0.255 e. The molecule has 0 radical (unpaired) electrons. The van der Waals surface area contributed by atoms with Crippen molar-refractivity contribution < 1.29 is 23.5 Å². The summed E-state index contributed by atoms with van der Waals surface area (Å²) >= 11 is 0. The number of rotatable bonds is 7. The van der Waals surface area contributed by atoms with E-state index in [-0.39, 0.29) is 30.3 Å². The number of furan rings is 1. The topological polar surface area (TPSA) is 97.6 Å². The van der Waals surface area contributed by atoms with Crippen molar-refractivity contribution in [2.24, 2.45) is 0 Å². The summed E-state index contributed by atoms with van der Waals surface area (Å²) in [6, 6.07) is 0.177. The minimum Gasteiger partial charge on any atom is -0.472 e. The van der Waals surface area contributed by atoms with Crippen LogP contribution in [0, 0.1) is 0 Å². The minimum absolute atomic E-state index is 0.00706. The van der Waals surface area contributed by atoms with Crippen LogP contribution in [0.4, 0.5) is 0 Å². The fourth-order valence-corrected chi connectivity index (χ4v) is 2.43. The molecule has 2 N–H and O–H groups in total. The number of carbonyl (C=O) groups excluding carboxylic acids is 3. The maximum atomic E-state index is 12.4. The quantitative estimate of drug-likeness (QED) is 0.782. The zero-order valence-electron chi connectivity index (χ0n) is 13.3. The molecule has 23 heavy (non-hydrogen) atoms. The first-order valence-electron chi connectivity index (χ1n) is 7.80. The molecule has 0 spiro atoms. The van der Waals surface area contributed by atoms with E-state index in [2.05, 4.69) is 10.6 Å². The van der Waals surface area contributed by atoms with E-state index in [1.807, 2.05) is 6.92 Å². The Balaban J connectivity index is 2.00. The molecule has 2 amide bonds. The van der Waals surface area contributed by atoms with Crippen LogP contribution >= 0.6 is 0 Å². The molecule has 1 fully saturated rings. The summed E-state index contributed by atoms with van der Waals surface area (Å²) in [6.45, 7) is 3.75. The first-order valence-corrected chi connectivity index (χ1v) is 7.80. The normalized spacial score (nSPS) is 21.9. The maximum absolute atomic E-state index is 12.4. The smallest absolute Gasteiger partial charge is 0.255 e. The summed E-state index contributed by atoms with van der Waals surface area (Å²) in [5.41, 5.74) is 0.355. The van der Waals surface area contributed by atoms with Crippen LogP contribution in [0.2, 0.25) is 0 Å². The highest BCUT2D eigenvalue weighted by Crippen LogP contribution is 2.11. The molecule has 1 saturated heterocycles. The van der Waals surface area contributed by atoms with Crippen LogP contribution in [0.5, 0.6) is 0 Å². The lowest BCUT2D eigenvalue weighted by Gasteiger charge is -2.21. The van der Waals surface area contributed by atoms with Crippen molar-refractivity contribution in [3.8, 4) is 0 Å². The zero-order valence-corrected chi connectivity index (χ0v) is 13.3. The third-order valence-corrected chi connectivity index (χ3v) is 3.85. The van der Waals surface area contributed by atoms with E-state index < -0.39 is 12.1 Å². The molecule has 0 saturated carbocycles. The van der Waals surface area contributed by atoms with Crippen LogP contribution in [-0.4, -0.2) is 42.4 Å². The van der Waals surface area contributed by atoms with Crippen molar-refractivity contribution in [1.82, 2.24) is 10.6 Å². The average molecular weight is 322 g/mol. The van der Waals surface area contributed by atoms with Crippen LogP contribution in [0.25, 0.3) is 0 Å². The Hall–Kier alpha value is -2.15. The Morgan fingerprint density at radius 1 is 1.43 bits per heavy atom. The number of amides is 2. The SMILES string of the molecule is CCCC[C@H](NC(=O)c1ccoc1)C(=O)N[C@H]1C(=O)COC1C. The van der Waals surface area contributed by atoms with E-state index in [9.17, 15) is 14.4 Å². The summed E-state index contributed by atoms with van der Waals surface area (Å²) in [5.74, 6) is -0.899. The van der Waals surface area contributed by atoms with Crippen LogP contribution in [0.1, 0.15) is 43.5 Å². The Labute approximate surface area is 134 Å². The van der Waals surface area contributed by atoms with Gasteiger partial charge in [0.05, 0.1) is 17.9 Å². The number of carbonyl (C=O) groups is 3. The van der Waals surface area contributed by atoms with Gasteiger partial charge >= 0.3 is 0 Å². The fourth-order valence-electron chi connectivity index (χ4n) is 2.43. The lowest BCUT2D eigenvalue weighted by molar-refractivity contribution is -0.127. The van der Waals surface area contributed by atoms with Crippen molar-refractivity contribution in [3.05, 3.63) is 24.2 Å². The Morgan fingerprint density at radius 2 is 2.22 bits per heavy atom. The van der Waals surface area contributed by atoms with Gasteiger partial charge in [-0.2, -0.15) is 0 Å². The number of hydrogen-bond donors (Lipinski definition) is 2. The first-order chi connectivity index (χ1) is 11.0. The van der Waals surface area contributed by atoms with Crippen LogP contribution in [0.3, 0.4) is 0 Å². The number of ketones is 1. The lowest BCUT2D eigenvalue weighted by Crippen LogP contribution is -2.52. The zero-order chi connectivity index (χ0) is 16.8. The van der Waals surface area contributed by atoms with E-state index in [4.69, 9.17) is 9.15 Å². The predicted molar refractivity (Wildman–Crippen MR) is 81.8 cm³/mol. The van der Waals surface area contributed by atoms with E-state index in [1.165, 1.54) is 18.6 Å². The van der Waals surface area contributed by atoms with Gasteiger partial charge in [0.1, 0.15) is 25.0 Å². The van der Waals surface area contributed by atoms with Crippen molar-refractivity contribution >= 4 is 17.6 Å². The van der Waals surface area contributed by atoms with Crippen molar-refractivity contribution in [1.29, 1.82) is 0 Å². The van der Waals surface area contributed by atoms with Gasteiger partial charge in [-0.05, 0) is 19.4 Å². The molecule has 1 aliphatic rings. The van der Waals surface area contributed by atoms with Crippen molar-refractivity contribution in [2.75, 3.05) is 6.61 Å². The van der Waals surface area contributed by atoms with Gasteiger partial charge in [-0.3, -0.25) is 14.4 Å². The Kier molecular flexibility index (Phi) is 5.92. The minimum atomic E-state index is -0.696. The molecule has 0 bridgehead atoms. The van der Waals surface area contributed by atoms with E-state index >= 15 is 0 Å². The highest BCUT2D eigenvalue weighted by molar-refractivity contribution is 5.98. The van der Waals surface area contributed by atoms with Crippen LogP contribution in [-0.2, 0) is 14.3 Å². The molecule has 7 heteroatoms. The van der Waals surface area contributed by atoms with Gasteiger partial charge in [-0.25, -0.2) is 0 Å². The highest BCUT2D eigenvalue weighted by Gasteiger charge is 2.35. The van der Waals surface area contributed by atoms with Gasteiger partial charge in [-0.1, -0.05) is 19.8 Å². The molecular weight excluding hydrogens is 300 g/mol. The van der Waals surface area contributed by atoms with Crippen molar-refractivity contribution in [2.45, 2.75) is 51.3 Å². The number of hydrogen-bond acceptors (Lipinski definition) is 5. The molecule has 1 unspecified atom stereocenters. The third kappa shape index (κ3) is 4.41. The second-order valence-electron chi connectivity index (χ2n) is 5.65. The summed E-state index contributed by atoms with van der Waals surface area (Å²) < 4.78 is 10.1. The third-order valence-electron chi connectivity index (χ3n) is 3.85. The number of unbranched alkanes of at least 4 members (excludes halogenated alkanes) is 1. The molecule has 1 aromatic rings. The molecule has 126 valence electrons. The van der Waals surface area contributed by atoms with Gasteiger partial charge < -0.3 is 19.8 Å². The van der Waals surface area contributed by atoms with Gasteiger partial charge in [0.15, 0.2) is 5.78 Å². The molecule has 0 aromatic carbocycles. The molecule has 2 rings (SSSR count). The highest BCUT2D eigenvalue weighted by atomic mass is 16.5. The van der Waals surface area contributed by atoms with E-state index in [0.29, 0.717) is 12.0 Å². The van der Waals surface area contributed by atoms with Crippen LogP contribution in [0.15, 0.2) is 23.0 Å². The number of Topliss-reactive ketones (excluding diaryl/α,β-unsaturated/α-hetero) is 1. The number of nitrogens with one attached hydrogen (secondary N) is 2. The van der Waals surface area contributed by atoms with Gasteiger partial charge in [0.25, 0.3) is 5.91 Å². The fraction of sp³-hybridized carbons (Fsp3) is 0.562. The molecule has 2 heterocycles. The standard InChI is InChI=1S/C16H22N2O5/c1-3-4-5-12(17-15(20)11-6-7-22-8-11)16(21)18-14-10(2)23-9-13(14)19/h6-8,10,12,14H,3-5,9H2,1-2H3,(H,17,20)(H,18,21)/t10?,12-,14+/m0/s1. The summed E-state index contributed by atoms with van der Waals surface area (Å²) in [7, 11) is 0. The first kappa shape index (κ1) is 17.2. The molecule has 1 aromatic heterocycles. The monoisotopic (exact) mass is 322 g/mol. The Morgan fingerprint density at radius 3 is 2.78 bits per heavy atom. The average Bonchev–Trinajstić information content (AvgIpc) is 3.16. The summed E-state index contributed by atoms with van der Waals surface area (Å²) in [5, 5.41) is 5.38.